The number of carbonyl (C=O) groups is 1. The van der Waals surface area contributed by atoms with Crippen LogP contribution in [0.2, 0.25) is 0 Å². The summed E-state index contributed by atoms with van der Waals surface area (Å²) < 4.78 is 16.3. The van der Waals surface area contributed by atoms with Gasteiger partial charge in [0, 0.05) is 6.42 Å². The average molecular weight is 258 g/mol. The molecule has 0 radical (unpaired) electrons. The predicted molar refractivity (Wildman–Crippen MR) is 60.9 cm³/mol. The van der Waals surface area contributed by atoms with E-state index < -0.39 is 35.5 Å². The first kappa shape index (κ1) is 13.2. The van der Waals surface area contributed by atoms with E-state index in [2.05, 4.69) is 0 Å². The molecule has 0 bridgehead atoms. The lowest BCUT2D eigenvalue weighted by Gasteiger charge is -2.27. The molecular formula is C12H18O6. The second-order valence-corrected chi connectivity index (χ2v) is 4.54. The Kier molecular flexibility index (Phi) is 3.49. The number of hydrogen-bond acceptors (Lipinski definition) is 6. The van der Waals surface area contributed by atoms with Gasteiger partial charge < -0.3 is 24.4 Å². The minimum atomic E-state index is -0.970. The Balaban J connectivity index is 2.08. The van der Waals surface area contributed by atoms with Gasteiger partial charge in [-0.15, -0.1) is 0 Å². The molecule has 0 aromatic rings. The Labute approximate surface area is 105 Å². The van der Waals surface area contributed by atoms with Crippen LogP contribution in [0.15, 0.2) is 11.5 Å². The van der Waals surface area contributed by atoms with Crippen LogP contribution < -0.4 is 0 Å². The zero-order chi connectivity index (χ0) is 13.3. The first-order valence-corrected chi connectivity index (χ1v) is 6.18. The van der Waals surface area contributed by atoms with E-state index in [1.54, 1.807) is 0 Å². The van der Waals surface area contributed by atoms with Gasteiger partial charge in [0.1, 0.15) is 6.10 Å². The quantitative estimate of drug-likeness (QED) is 0.744. The van der Waals surface area contributed by atoms with Gasteiger partial charge >= 0.3 is 5.97 Å². The molecule has 2 rings (SSSR count). The van der Waals surface area contributed by atoms with Gasteiger partial charge in [-0.2, -0.15) is 0 Å². The van der Waals surface area contributed by atoms with Crippen molar-refractivity contribution in [1.29, 1.82) is 0 Å². The highest BCUT2D eigenvalue weighted by Gasteiger charge is 2.48. The summed E-state index contributed by atoms with van der Waals surface area (Å²) in [6.45, 7) is 4.20. The third-order valence-electron chi connectivity index (χ3n) is 3.32. The molecule has 2 heterocycles. The summed E-state index contributed by atoms with van der Waals surface area (Å²) in [5.41, 5.74) is 0. The summed E-state index contributed by atoms with van der Waals surface area (Å²) in [5, 5.41) is 18.9. The molecule has 0 aromatic carbocycles. The molecule has 0 saturated carbocycles. The molecule has 0 spiro atoms. The summed E-state index contributed by atoms with van der Waals surface area (Å²) in [4.78, 5) is 11.1. The third-order valence-corrected chi connectivity index (χ3v) is 3.32. The standard InChI is InChI=1S/C12H18O6/c1-3-5-12(4-2)16-6-7(18-12)10-8(13)9(14)11(15)17-10/h7,10,13-14H,3-6H2,1-2H3/t7-,10+,12?/m0/s1. The van der Waals surface area contributed by atoms with Crippen molar-refractivity contribution in [2.45, 2.75) is 51.1 Å². The molecule has 0 aliphatic carbocycles. The van der Waals surface area contributed by atoms with E-state index in [4.69, 9.17) is 14.2 Å². The van der Waals surface area contributed by atoms with Gasteiger partial charge in [0.05, 0.1) is 6.61 Å². The molecule has 0 amide bonds. The van der Waals surface area contributed by atoms with Crippen LogP contribution in [0, 0.1) is 0 Å². The zero-order valence-electron chi connectivity index (χ0n) is 10.5. The number of cyclic esters (lactones) is 1. The van der Waals surface area contributed by atoms with Crippen molar-refractivity contribution in [2.24, 2.45) is 0 Å². The minimum Gasteiger partial charge on any atom is -0.505 e. The highest BCUT2D eigenvalue weighted by Crippen LogP contribution is 2.36. The summed E-state index contributed by atoms with van der Waals surface area (Å²) in [6, 6.07) is 0. The van der Waals surface area contributed by atoms with Gasteiger partial charge in [0.25, 0.3) is 0 Å². The number of ether oxygens (including phenoxy) is 3. The Morgan fingerprint density at radius 2 is 2.11 bits per heavy atom. The van der Waals surface area contributed by atoms with Crippen LogP contribution >= 0.6 is 0 Å². The Hall–Kier alpha value is -1.27. The SMILES string of the molecule is CCCC1(CC)OC[C@@H]([C@H]2OC(=O)C(O)=C2O)O1. The first-order valence-electron chi connectivity index (χ1n) is 6.18. The number of rotatable bonds is 4. The van der Waals surface area contributed by atoms with Crippen molar-refractivity contribution in [1.82, 2.24) is 0 Å². The molecular weight excluding hydrogens is 240 g/mol. The molecule has 2 aliphatic heterocycles. The fourth-order valence-electron chi connectivity index (χ4n) is 2.32. The topological polar surface area (TPSA) is 85.2 Å². The highest BCUT2D eigenvalue weighted by molar-refractivity contribution is 5.89. The zero-order valence-corrected chi connectivity index (χ0v) is 10.5. The Morgan fingerprint density at radius 1 is 1.39 bits per heavy atom. The molecule has 1 unspecified atom stereocenters. The van der Waals surface area contributed by atoms with Crippen molar-refractivity contribution in [3.63, 3.8) is 0 Å². The van der Waals surface area contributed by atoms with Crippen LogP contribution in [-0.2, 0) is 19.0 Å². The summed E-state index contributed by atoms with van der Waals surface area (Å²) >= 11 is 0. The predicted octanol–water partition coefficient (Wildman–Crippen LogP) is 1.56. The average Bonchev–Trinajstić information content (AvgIpc) is 2.88. The van der Waals surface area contributed by atoms with Crippen molar-refractivity contribution in [3.8, 4) is 0 Å². The molecule has 3 atom stereocenters. The third kappa shape index (κ3) is 2.06. The van der Waals surface area contributed by atoms with E-state index in [1.165, 1.54) is 0 Å². The number of hydrogen-bond donors (Lipinski definition) is 2. The summed E-state index contributed by atoms with van der Waals surface area (Å²) in [7, 11) is 0. The van der Waals surface area contributed by atoms with E-state index in [0.29, 0.717) is 6.42 Å². The van der Waals surface area contributed by atoms with Crippen LogP contribution in [0.25, 0.3) is 0 Å². The number of esters is 1. The van der Waals surface area contributed by atoms with Gasteiger partial charge in [0.15, 0.2) is 17.7 Å². The van der Waals surface area contributed by atoms with E-state index in [-0.39, 0.29) is 6.61 Å². The number of aliphatic hydroxyl groups excluding tert-OH is 2. The number of aliphatic hydroxyl groups is 2. The summed E-state index contributed by atoms with van der Waals surface area (Å²) in [6.07, 6.45) is 0.761. The fourth-order valence-corrected chi connectivity index (χ4v) is 2.32. The molecule has 2 aliphatic rings. The maximum Gasteiger partial charge on any atom is 0.377 e. The lowest BCUT2D eigenvalue weighted by atomic mass is 10.1. The maximum absolute atomic E-state index is 11.1. The molecule has 6 heteroatoms. The van der Waals surface area contributed by atoms with Crippen molar-refractivity contribution in [3.05, 3.63) is 11.5 Å². The van der Waals surface area contributed by atoms with E-state index in [9.17, 15) is 15.0 Å². The van der Waals surface area contributed by atoms with Crippen molar-refractivity contribution >= 4 is 5.97 Å². The molecule has 102 valence electrons. The second-order valence-electron chi connectivity index (χ2n) is 4.54. The van der Waals surface area contributed by atoms with Crippen LogP contribution in [0.1, 0.15) is 33.1 Å². The molecule has 18 heavy (non-hydrogen) atoms. The van der Waals surface area contributed by atoms with Crippen LogP contribution in [0.5, 0.6) is 0 Å². The van der Waals surface area contributed by atoms with E-state index in [0.717, 1.165) is 12.8 Å². The van der Waals surface area contributed by atoms with Crippen LogP contribution in [-0.4, -0.2) is 40.8 Å². The lowest BCUT2D eigenvalue weighted by molar-refractivity contribution is -0.187. The highest BCUT2D eigenvalue weighted by atomic mass is 16.8. The van der Waals surface area contributed by atoms with Gasteiger partial charge in [-0.05, 0) is 6.42 Å². The fraction of sp³-hybridized carbons (Fsp3) is 0.750. The van der Waals surface area contributed by atoms with Gasteiger partial charge in [-0.3, -0.25) is 0 Å². The van der Waals surface area contributed by atoms with E-state index in [1.807, 2.05) is 13.8 Å². The lowest BCUT2D eigenvalue weighted by Crippen LogP contribution is -2.35. The smallest absolute Gasteiger partial charge is 0.377 e. The molecule has 1 fully saturated rings. The first-order chi connectivity index (χ1) is 8.53. The minimum absolute atomic E-state index is 0.225. The van der Waals surface area contributed by atoms with Crippen molar-refractivity contribution < 1.29 is 29.2 Å². The summed E-state index contributed by atoms with van der Waals surface area (Å²) in [5.74, 6) is -2.82. The largest absolute Gasteiger partial charge is 0.505 e. The van der Waals surface area contributed by atoms with E-state index >= 15 is 0 Å². The number of carbonyl (C=O) groups excluding carboxylic acids is 1. The molecule has 1 saturated heterocycles. The van der Waals surface area contributed by atoms with Crippen molar-refractivity contribution in [2.75, 3.05) is 6.61 Å². The normalized spacial score (nSPS) is 36.2. The molecule has 0 aromatic heterocycles. The Morgan fingerprint density at radius 3 is 2.61 bits per heavy atom. The maximum atomic E-state index is 11.1. The van der Waals surface area contributed by atoms with Crippen LogP contribution in [0.4, 0.5) is 0 Å². The molecule has 6 nitrogen and oxygen atoms in total. The van der Waals surface area contributed by atoms with Gasteiger partial charge in [-0.25, -0.2) is 4.79 Å². The van der Waals surface area contributed by atoms with Crippen LogP contribution in [0.3, 0.4) is 0 Å². The molecule has 2 N–H and O–H groups in total. The van der Waals surface area contributed by atoms with Gasteiger partial charge in [-0.1, -0.05) is 20.3 Å². The Bertz CT molecular complexity index is 377. The monoisotopic (exact) mass is 258 g/mol. The van der Waals surface area contributed by atoms with Gasteiger partial charge in [0.2, 0.25) is 5.76 Å². The second kappa shape index (κ2) is 4.78.